The molecule has 2 aromatic rings. The van der Waals surface area contributed by atoms with E-state index in [1.807, 2.05) is 30.3 Å². The topological polar surface area (TPSA) is 38.3 Å². The van der Waals surface area contributed by atoms with Gasteiger partial charge in [-0.1, -0.05) is 26.0 Å². The molecule has 1 aromatic heterocycles. The first-order valence-electron chi connectivity index (χ1n) is 5.87. The van der Waals surface area contributed by atoms with Crippen molar-refractivity contribution in [1.29, 1.82) is 0 Å². The molecule has 92 valence electrons. The molecule has 0 bridgehead atoms. The Morgan fingerprint density at radius 2 is 2.06 bits per heavy atom. The number of para-hydroxylation sites is 2. The van der Waals surface area contributed by atoms with Gasteiger partial charge >= 0.3 is 0 Å². The fourth-order valence-electron chi connectivity index (χ4n) is 1.86. The first kappa shape index (κ1) is 11.3. The monoisotopic (exact) mass is 259 g/mol. The molecular weight excluding hydrogens is 246 g/mol. The number of amides is 1. The second-order valence-corrected chi connectivity index (χ2v) is 5.60. The maximum Gasteiger partial charge on any atom is 0.260 e. The van der Waals surface area contributed by atoms with E-state index in [9.17, 15) is 4.79 Å². The highest BCUT2D eigenvalue weighted by molar-refractivity contribution is 7.14. The quantitative estimate of drug-likeness (QED) is 0.832. The van der Waals surface area contributed by atoms with Crippen LogP contribution in [0.5, 0.6) is 10.8 Å². The average Bonchev–Trinajstić information content (AvgIpc) is 2.71. The molecule has 0 saturated heterocycles. The van der Waals surface area contributed by atoms with E-state index in [-0.39, 0.29) is 5.91 Å². The lowest BCUT2D eigenvalue weighted by Crippen LogP contribution is -2.09. The Labute approximate surface area is 109 Å². The van der Waals surface area contributed by atoms with Crippen molar-refractivity contribution in [2.45, 2.75) is 19.8 Å². The van der Waals surface area contributed by atoms with Crippen molar-refractivity contribution in [3.8, 4) is 10.8 Å². The van der Waals surface area contributed by atoms with Gasteiger partial charge in [0.2, 0.25) is 0 Å². The first-order chi connectivity index (χ1) is 8.65. The molecular formula is C14H13NO2S. The van der Waals surface area contributed by atoms with Crippen LogP contribution in [0.15, 0.2) is 30.3 Å². The molecule has 0 saturated carbocycles. The summed E-state index contributed by atoms with van der Waals surface area (Å²) in [5.74, 6) is 0.994. The van der Waals surface area contributed by atoms with Crippen molar-refractivity contribution in [1.82, 2.24) is 0 Å². The minimum Gasteiger partial charge on any atom is -0.444 e. The predicted octanol–water partition coefficient (Wildman–Crippen LogP) is 4.23. The van der Waals surface area contributed by atoms with Gasteiger partial charge in [0.25, 0.3) is 5.91 Å². The molecule has 1 aromatic carbocycles. The van der Waals surface area contributed by atoms with Crippen molar-refractivity contribution in [2.24, 2.45) is 0 Å². The molecule has 0 aliphatic carbocycles. The maximum atomic E-state index is 12.1. The third-order valence-corrected chi connectivity index (χ3v) is 4.18. The summed E-state index contributed by atoms with van der Waals surface area (Å²) < 4.78 is 5.84. The van der Waals surface area contributed by atoms with Gasteiger partial charge in [0.05, 0.1) is 11.3 Å². The van der Waals surface area contributed by atoms with Crippen LogP contribution in [0, 0.1) is 0 Å². The van der Waals surface area contributed by atoms with Gasteiger partial charge in [-0.05, 0) is 24.1 Å². The van der Waals surface area contributed by atoms with Crippen LogP contribution in [0.1, 0.15) is 35.0 Å². The third kappa shape index (κ3) is 1.78. The first-order valence-corrected chi connectivity index (χ1v) is 6.69. The van der Waals surface area contributed by atoms with Crippen LogP contribution in [-0.4, -0.2) is 5.91 Å². The lowest BCUT2D eigenvalue weighted by Gasteiger charge is -2.05. The molecule has 0 spiro atoms. The molecule has 2 heterocycles. The number of benzene rings is 1. The molecule has 18 heavy (non-hydrogen) atoms. The number of rotatable bonds is 1. The summed E-state index contributed by atoms with van der Waals surface area (Å²) in [5, 5.41) is 3.56. The number of carbonyl (C=O) groups excluding carboxylic acids is 1. The van der Waals surface area contributed by atoms with E-state index in [0.29, 0.717) is 22.3 Å². The van der Waals surface area contributed by atoms with E-state index in [2.05, 4.69) is 19.2 Å². The summed E-state index contributed by atoms with van der Waals surface area (Å²) >= 11 is 1.54. The molecule has 0 fully saturated rings. The number of nitrogens with one attached hydrogen (secondary N) is 1. The van der Waals surface area contributed by atoms with Gasteiger partial charge in [0.15, 0.2) is 10.8 Å². The zero-order chi connectivity index (χ0) is 12.7. The van der Waals surface area contributed by atoms with Gasteiger partial charge < -0.3 is 10.1 Å². The molecule has 3 nitrogen and oxygen atoms in total. The molecule has 4 heteroatoms. The molecule has 1 aliphatic heterocycles. The summed E-state index contributed by atoms with van der Waals surface area (Å²) in [6.07, 6.45) is 0. The minimum absolute atomic E-state index is 0.0990. The number of thiophene rings is 1. The van der Waals surface area contributed by atoms with Crippen molar-refractivity contribution < 1.29 is 9.53 Å². The number of ether oxygens (including phenoxy) is 1. The molecule has 0 unspecified atom stereocenters. The van der Waals surface area contributed by atoms with Gasteiger partial charge in [0.1, 0.15) is 0 Å². The summed E-state index contributed by atoms with van der Waals surface area (Å²) in [4.78, 5) is 13.3. The fraction of sp³-hybridized carbons (Fsp3) is 0.214. The number of hydrogen-bond acceptors (Lipinski definition) is 3. The molecule has 1 amide bonds. The Bertz CT molecular complexity index is 616. The van der Waals surface area contributed by atoms with Crippen molar-refractivity contribution in [2.75, 3.05) is 5.32 Å². The van der Waals surface area contributed by atoms with E-state index >= 15 is 0 Å². The Hall–Kier alpha value is -1.81. The number of anilines is 1. The van der Waals surface area contributed by atoms with Crippen LogP contribution in [0.25, 0.3) is 0 Å². The second-order valence-electron chi connectivity index (χ2n) is 4.56. The van der Waals surface area contributed by atoms with Crippen molar-refractivity contribution in [3.05, 3.63) is 40.8 Å². The Morgan fingerprint density at radius 1 is 1.28 bits per heavy atom. The van der Waals surface area contributed by atoms with E-state index in [1.165, 1.54) is 0 Å². The number of hydrogen-bond donors (Lipinski definition) is 1. The van der Waals surface area contributed by atoms with Crippen LogP contribution in [0.2, 0.25) is 0 Å². The number of fused-ring (bicyclic) bond motifs is 2. The Morgan fingerprint density at radius 3 is 2.83 bits per heavy atom. The normalized spacial score (nSPS) is 13.4. The summed E-state index contributed by atoms with van der Waals surface area (Å²) in [7, 11) is 0. The van der Waals surface area contributed by atoms with Crippen LogP contribution in [-0.2, 0) is 0 Å². The maximum absolute atomic E-state index is 12.1. The second kappa shape index (κ2) is 4.14. The van der Waals surface area contributed by atoms with Crippen molar-refractivity contribution in [3.63, 3.8) is 0 Å². The van der Waals surface area contributed by atoms with Crippen LogP contribution >= 0.6 is 11.3 Å². The molecule has 3 rings (SSSR count). The van der Waals surface area contributed by atoms with Crippen LogP contribution in [0.3, 0.4) is 0 Å². The lowest BCUT2D eigenvalue weighted by atomic mass is 10.1. The third-order valence-electron chi connectivity index (χ3n) is 2.87. The average molecular weight is 259 g/mol. The standard InChI is InChI=1S/C14H13NO2S/c1-8(2)12-7-9-13(16)15-10-5-3-4-6-11(10)17-14(9)18-12/h3-8H,1-2H3,(H,15,16). The highest BCUT2D eigenvalue weighted by Crippen LogP contribution is 2.42. The van der Waals surface area contributed by atoms with Crippen LogP contribution < -0.4 is 10.1 Å². The van der Waals surface area contributed by atoms with E-state index in [0.717, 1.165) is 10.6 Å². The fourth-order valence-corrected chi connectivity index (χ4v) is 2.88. The molecule has 1 N–H and O–H groups in total. The van der Waals surface area contributed by atoms with E-state index < -0.39 is 0 Å². The molecule has 1 aliphatic rings. The zero-order valence-corrected chi connectivity index (χ0v) is 11.0. The highest BCUT2D eigenvalue weighted by atomic mass is 32.1. The smallest absolute Gasteiger partial charge is 0.260 e. The van der Waals surface area contributed by atoms with Crippen molar-refractivity contribution >= 4 is 22.9 Å². The van der Waals surface area contributed by atoms with Crippen LogP contribution in [0.4, 0.5) is 5.69 Å². The minimum atomic E-state index is -0.0990. The van der Waals surface area contributed by atoms with Gasteiger partial charge in [-0.3, -0.25) is 4.79 Å². The number of carbonyl (C=O) groups is 1. The largest absolute Gasteiger partial charge is 0.444 e. The lowest BCUT2D eigenvalue weighted by molar-refractivity contribution is 0.102. The highest BCUT2D eigenvalue weighted by Gasteiger charge is 2.24. The van der Waals surface area contributed by atoms with Gasteiger partial charge in [-0.2, -0.15) is 0 Å². The Balaban J connectivity index is 2.10. The zero-order valence-electron chi connectivity index (χ0n) is 10.2. The summed E-state index contributed by atoms with van der Waals surface area (Å²) in [6, 6.07) is 9.40. The predicted molar refractivity (Wildman–Crippen MR) is 72.9 cm³/mol. The Kier molecular flexibility index (Phi) is 2.59. The van der Waals surface area contributed by atoms with Gasteiger partial charge in [0, 0.05) is 4.88 Å². The van der Waals surface area contributed by atoms with E-state index in [1.54, 1.807) is 11.3 Å². The molecule has 0 atom stereocenters. The summed E-state index contributed by atoms with van der Waals surface area (Å²) in [6.45, 7) is 4.22. The molecule has 0 radical (unpaired) electrons. The van der Waals surface area contributed by atoms with Gasteiger partial charge in [-0.25, -0.2) is 0 Å². The van der Waals surface area contributed by atoms with Gasteiger partial charge in [-0.15, -0.1) is 11.3 Å². The van der Waals surface area contributed by atoms with E-state index in [4.69, 9.17) is 4.74 Å². The SMILES string of the molecule is CC(C)c1cc2c(s1)Oc1ccccc1NC2=O. The summed E-state index contributed by atoms with van der Waals surface area (Å²) in [5.41, 5.74) is 1.34.